The summed E-state index contributed by atoms with van der Waals surface area (Å²) >= 11 is 0. The Kier molecular flexibility index (Phi) is 14.1. The number of hydrogen-bond donors (Lipinski definition) is 2. The summed E-state index contributed by atoms with van der Waals surface area (Å²) in [5.74, 6) is -0.642. The molecule has 0 saturated carbocycles. The summed E-state index contributed by atoms with van der Waals surface area (Å²) in [7, 11) is 3.27. The molecule has 1 fully saturated rings. The second kappa shape index (κ2) is 17.5. The van der Waals surface area contributed by atoms with E-state index >= 15 is 0 Å². The lowest BCUT2D eigenvalue weighted by Gasteiger charge is -2.51. The maximum absolute atomic E-state index is 12.5. The first-order valence-corrected chi connectivity index (χ1v) is 16.2. The molecule has 3 rings (SSSR count). The third-order valence-corrected chi connectivity index (χ3v) is 9.01. The number of ketones is 1. The summed E-state index contributed by atoms with van der Waals surface area (Å²) in [5.41, 5.74) is 4.96. The summed E-state index contributed by atoms with van der Waals surface area (Å²) in [6, 6.07) is 10.2. The van der Waals surface area contributed by atoms with Crippen LogP contribution in [-0.2, 0) is 23.8 Å². The standard InChI is InChI=1S/C36H52N4O6/c1-8-33(44-6)36(5)40(34(43)46-36)39-24-30(26(2)22-35(4,45-7)18-16-32(42)27(3)25-41)17-20-37-19-12-11-13-28-21-29-14-9-10-15-31(29)38-23-28/h9-11,13-15,17,21,23,25-27,33,37,39H,8,12,16,18-20,22,24H2,1-7H3/b13-11+,30-17-/t26-,27?,33-,35+,36-/m1/s1. The first-order valence-electron chi connectivity index (χ1n) is 16.2. The minimum atomic E-state index is -0.906. The molecule has 0 spiro atoms. The molecule has 0 aliphatic carbocycles. The molecular formula is C36H52N4O6. The Morgan fingerprint density at radius 2 is 2.00 bits per heavy atom. The summed E-state index contributed by atoms with van der Waals surface area (Å²) < 4.78 is 17.0. The summed E-state index contributed by atoms with van der Waals surface area (Å²) in [6.07, 6.45) is 11.2. The fourth-order valence-electron chi connectivity index (χ4n) is 5.87. The highest BCUT2D eigenvalue weighted by Crippen LogP contribution is 2.34. The molecule has 2 heterocycles. The lowest BCUT2D eigenvalue weighted by molar-refractivity contribution is -0.249. The number of nitrogens with zero attached hydrogens (tertiary/aromatic N) is 2. The molecule has 1 aliphatic heterocycles. The van der Waals surface area contributed by atoms with E-state index in [0.29, 0.717) is 38.6 Å². The van der Waals surface area contributed by atoms with Crippen molar-refractivity contribution in [1.82, 2.24) is 20.7 Å². The second-order valence-corrected chi connectivity index (χ2v) is 12.5. The Bertz CT molecular complexity index is 1380. The van der Waals surface area contributed by atoms with Crippen molar-refractivity contribution < 1.29 is 28.6 Å². The summed E-state index contributed by atoms with van der Waals surface area (Å²) in [6.45, 7) is 11.4. The van der Waals surface area contributed by atoms with Crippen molar-refractivity contribution in [2.24, 2.45) is 11.8 Å². The lowest BCUT2D eigenvalue weighted by atomic mass is 9.83. The number of para-hydroxylation sites is 1. The van der Waals surface area contributed by atoms with Crippen LogP contribution < -0.4 is 10.7 Å². The van der Waals surface area contributed by atoms with Crippen LogP contribution in [0.5, 0.6) is 0 Å². The van der Waals surface area contributed by atoms with E-state index in [9.17, 15) is 14.4 Å². The highest BCUT2D eigenvalue weighted by Gasteiger charge is 2.55. The number of Topliss-reactive ketones (excluding diaryl/α,β-unsaturated/α-hetero) is 1. The van der Waals surface area contributed by atoms with Crippen LogP contribution in [0.1, 0.15) is 72.3 Å². The number of aldehydes is 1. The van der Waals surface area contributed by atoms with Gasteiger partial charge in [0.1, 0.15) is 18.2 Å². The molecule has 1 aliphatic rings. The van der Waals surface area contributed by atoms with Crippen molar-refractivity contribution in [3.63, 3.8) is 0 Å². The van der Waals surface area contributed by atoms with Gasteiger partial charge >= 0.3 is 6.09 Å². The van der Waals surface area contributed by atoms with Crippen molar-refractivity contribution in [2.75, 3.05) is 33.9 Å². The molecule has 1 unspecified atom stereocenters. The van der Waals surface area contributed by atoms with Gasteiger partial charge in [-0.3, -0.25) is 9.78 Å². The van der Waals surface area contributed by atoms with Crippen molar-refractivity contribution in [3.8, 4) is 0 Å². The van der Waals surface area contributed by atoms with Crippen LogP contribution in [-0.4, -0.2) is 79.4 Å². The fourth-order valence-corrected chi connectivity index (χ4v) is 5.87. The Morgan fingerprint density at radius 1 is 1.24 bits per heavy atom. The number of pyridine rings is 1. The van der Waals surface area contributed by atoms with Crippen LogP contribution in [0.25, 0.3) is 17.0 Å². The molecule has 1 aromatic carbocycles. The van der Waals surface area contributed by atoms with Crippen LogP contribution in [0.15, 0.2) is 54.3 Å². The molecule has 0 radical (unpaired) electrons. The Balaban J connectivity index is 1.64. The van der Waals surface area contributed by atoms with E-state index in [4.69, 9.17) is 14.2 Å². The predicted molar refractivity (Wildman–Crippen MR) is 181 cm³/mol. The minimum Gasteiger partial charge on any atom is -0.417 e. The van der Waals surface area contributed by atoms with Gasteiger partial charge in [0.2, 0.25) is 5.72 Å². The average molecular weight is 637 g/mol. The Morgan fingerprint density at radius 3 is 2.67 bits per heavy atom. The average Bonchev–Trinajstić information content (AvgIpc) is 3.05. The molecule has 1 aromatic heterocycles. The van der Waals surface area contributed by atoms with Crippen LogP contribution in [0.2, 0.25) is 0 Å². The predicted octanol–water partition coefficient (Wildman–Crippen LogP) is 5.87. The molecule has 5 atom stereocenters. The maximum Gasteiger partial charge on any atom is 0.430 e. The highest BCUT2D eigenvalue weighted by molar-refractivity contribution is 5.92. The van der Waals surface area contributed by atoms with Crippen molar-refractivity contribution in [2.45, 2.75) is 84.2 Å². The van der Waals surface area contributed by atoms with Gasteiger partial charge < -0.3 is 24.3 Å². The zero-order valence-corrected chi connectivity index (χ0v) is 28.5. The van der Waals surface area contributed by atoms with E-state index in [1.54, 1.807) is 21.1 Å². The van der Waals surface area contributed by atoms with Gasteiger partial charge in [-0.2, -0.15) is 5.01 Å². The van der Waals surface area contributed by atoms with Gasteiger partial charge in [0.25, 0.3) is 0 Å². The van der Waals surface area contributed by atoms with Crippen LogP contribution in [0.4, 0.5) is 4.79 Å². The topological polar surface area (TPSA) is 119 Å². The molecule has 0 bridgehead atoms. The van der Waals surface area contributed by atoms with Crippen molar-refractivity contribution >= 4 is 35.1 Å². The first-order chi connectivity index (χ1) is 22.0. The number of nitrogens with one attached hydrogen (secondary N) is 2. The second-order valence-electron chi connectivity index (χ2n) is 12.5. The SMILES string of the molecule is CC[C@@H](OC)[C@@]1(C)OC(=O)N1NC/C(=C/CNCC/C=C/c1cnc2ccccc2c1)[C@H](C)C[C@](C)(CCC(=O)C(C)C=O)OC. The molecule has 46 heavy (non-hydrogen) atoms. The molecule has 1 amide bonds. The quantitative estimate of drug-likeness (QED) is 0.0751. The van der Waals surface area contributed by atoms with E-state index in [1.165, 1.54) is 5.01 Å². The fraction of sp³-hybridized carbons (Fsp3) is 0.556. The number of methoxy groups -OCH3 is 2. The third kappa shape index (κ3) is 9.78. The van der Waals surface area contributed by atoms with E-state index in [-0.39, 0.29) is 24.2 Å². The number of rotatable bonds is 21. The number of hydrazine groups is 1. The van der Waals surface area contributed by atoms with Crippen LogP contribution in [0, 0.1) is 11.8 Å². The van der Waals surface area contributed by atoms with Gasteiger partial charge in [0.05, 0.1) is 17.0 Å². The maximum atomic E-state index is 12.5. The number of hydrogen-bond acceptors (Lipinski definition) is 9. The number of aromatic nitrogens is 1. The number of amides is 1. The monoisotopic (exact) mass is 636 g/mol. The van der Waals surface area contributed by atoms with Crippen LogP contribution in [0.3, 0.4) is 0 Å². The van der Waals surface area contributed by atoms with E-state index in [2.05, 4.69) is 53.0 Å². The van der Waals surface area contributed by atoms with Gasteiger partial charge in [0.15, 0.2) is 0 Å². The number of fused-ring (bicyclic) bond motifs is 1. The number of cyclic esters (lactones) is 1. The largest absolute Gasteiger partial charge is 0.430 e. The lowest BCUT2D eigenvalue weighted by Crippen LogP contribution is -2.73. The zero-order chi connectivity index (χ0) is 33.7. The van der Waals surface area contributed by atoms with Gasteiger partial charge in [-0.25, -0.2) is 10.2 Å². The minimum absolute atomic E-state index is 0.0612. The zero-order valence-electron chi connectivity index (χ0n) is 28.5. The Labute approximate surface area is 273 Å². The normalized spacial score (nSPS) is 20.2. The molecule has 10 heteroatoms. The van der Waals surface area contributed by atoms with Gasteiger partial charge in [-0.05, 0) is 76.6 Å². The number of carbonyl (C=O) groups is 3. The van der Waals surface area contributed by atoms with E-state index in [1.807, 2.05) is 45.2 Å². The first kappa shape index (κ1) is 37.0. The summed E-state index contributed by atoms with van der Waals surface area (Å²) in [5, 5.41) is 6.13. The van der Waals surface area contributed by atoms with Crippen molar-refractivity contribution in [1.29, 1.82) is 0 Å². The molecule has 1 saturated heterocycles. The molecule has 2 aromatic rings. The molecule has 2 N–H and O–H groups in total. The number of carbonyl (C=O) groups excluding carboxylic acids is 3. The van der Waals surface area contributed by atoms with Crippen LogP contribution >= 0.6 is 0 Å². The number of benzene rings is 1. The van der Waals surface area contributed by atoms with E-state index < -0.39 is 23.3 Å². The van der Waals surface area contributed by atoms with Gasteiger partial charge in [-0.15, -0.1) is 0 Å². The van der Waals surface area contributed by atoms with Crippen molar-refractivity contribution in [3.05, 3.63) is 59.8 Å². The number of ether oxygens (including phenoxy) is 3. The third-order valence-electron chi connectivity index (χ3n) is 9.01. The van der Waals surface area contributed by atoms with E-state index in [0.717, 1.165) is 35.0 Å². The molecule has 10 nitrogen and oxygen atoms in total. The smallest absolute Gasteiger partial charge is 0.417 e. The summed E-state index contributed by atoms with van der Waals surface area (Å²) in [4.78, 5) is 40.4. The van der Waals surface area contributed by atoms with Gasteiger partial charge in [-0.1, -0.05) is 55.8 Å². The molecular weight excluding hydrogens is 584 g/mol. The highest BCUT2D eigenvalue weighted by atomic mass is 16.7. The Hall–Kier alpha value is -3.44. The molecule has 252 valence electrons. The van der Waals surface area contributed by atoms with Gasteiger partial charge in [0, 0.05) is 45.3 Å².